The predicted octanol–water partition coefficient (Wildman–Crippen LogP) is 1.79. The van der Waals surface area contributed by atoms with Crippen LogP contribution in [0.2, 0.25) is 0 Å². The van der Waals surface area contributed by atoms with Crippen LogP contribution in [0, 0.1) is 0 Å². The molecule has 1 heterocycles. The quantitative estimate of drug-likeness (QED) is 0.818. The number of hydrogen-bond donors (Lipinski definition) is 1. The van der Waals surface area contributed by atoms with Gasteiger partial charge in [-0.15, -0.1) is 0 Å². The summed E-state index contributed by atoms with van der Waals surface area (Å²) in [4.78, 5) is 7.06. The second kappa shape index (κ2) is 5.41. The lowest BCUT2D eigenvalue weighted by Crippen LogP contribution is -2.36. The lowest BCUT2D eigenvalue weighted by Gasteiger charge is -2.34. The van der Waals surface area contributed by atoms with Crippen LogP contribution >= 0.6 is 0 Å². The van der Waals surface area contributed by atoms with E-state index in [0.29, 0.717) is 0 Å². The molecule has 88 valence electrons. The van der Waals surface area contributed by atoms with Crippen molar-refractivity contribution in [1.82, 2.24) is 15.2 Å². The molecule has 16 heavy (non-hydrogen) atoms. The van der Waals surface area contributed by atoms with Crippen molar-refractivity contribution in [2.24, 2.45) is 0 Å². The SMILES string of the molecule is CNCc1cccc(CN(C)C2CCC2)n1. The molecule has 0 radical (unpaired) electrons. The Labute approximate surface area is 97.9 Å². The Morgan fingerprint density at radius 2 is 2.12 bits per heavy atom. The minimum absolute atomic E-state index is 0.787. The lowest BCUT2D eigenvalue weighted by molar-refractivity contribution is 0.151. The molecule has 0 unspecified atom stereocenters. The van der Waals surface area contributed by atoms with Gasteiger partial charge >= 0.3 is 0 Å². The standard InChI is InChI=1S/C13H21N3/c1-14-9-11-5-3-6-12(15-11)10-16(2)13-7-4-8-13/h3,5-6,13-14H,4,7-10H2,1-2H3. The van der Waals surface area contributed by atoms with E-state index < -0.39 is 0 Å². The summed E-state index contributed by atoms with van der Waals surface area (Å²) >= 11 is 0. The molecule has 0 aromatic carbocycles. The van der Waals surface area contributed by atoms with E-state index in [4.69, 9.17) is 0 Å². The van der Waals surface area contributed by atoms with Crippen molar-refractivity contribution in [3.05, 3.63) is 29.6 Å². The van der Waals surface area contributed by atoms with Crippen LogP contribution in [-0.4, -0.2) is 30.0 Å². The van der Waals surface area contributed by atoms with Crippen molar-refractivity contribution in [1.29, 1.82) is 0 Å². The fraction of sp³-hybridized carbons (Fsp3) is 0.615. The van der Waals surface area contributed by atoms with Crippen LogP contribution in [0.5, 0.6) is 0 Å². The van der Waals surface area contributed by atoms with Gasteiger partial charge in [0, 0.05) is 19.1 Å². The molecule has 0 spiro atoms. The average molecular weight is 219 g/mol. The monoisotopic (exact) mass is 219 g/mol. The molecule has 1 aliphatic carbocycles. The minimum Gasteiger partial charge on any atom is -0.314 e. The highest BCUT2D eigenvalue weighted by molar-refractivity contribution is 5.11. The van der Waals surface area contributed by atoms with E-state index in [9.17, 15) is 0 Å². The molecule has 1 aromatic rings. The van der Waals surface area contributed by atoms with E-state index in [1.165, 1.54) is 25.0 Å². The van der Waals surface area contributed by atoms with E-state index in [1.807, 2.05) is 7.05 Å². The molecule has 3 heteroatoms. The highest BCUT2D eigenvalue weighted by Gasteiger charge is 2.21. The Kier molecular flexibility index (Phi) is 3.91. The van der Waals surface area contributed by atoms with Crippen molar-refractivity contribution >= 4 is 0 Å². The van der Waals surface area contributed by atoms with Crippen molar-refractivity contribution in [2.45, 2.75) is 38.4 Å². The molecule has 1 saturated carbocycles. The van der Waals surface area contributed by atoms with Gasteiger partial charge in [0.25, 0.3) is 0 Å². The summed E-state index contributed by atoms with van der Waals surface area (Å²) in [6, 6.07) is 7.08. The van der Waals surface area contributed by atoms with Gasteiger partial charge in [0.1, 0.15) is 0 Å². The van der Waals surface area contributed by atoms with Crippen LogP contribution in [0.25, 0.3) is 0 Å². The molecule has 0 bridgehead atoms. The van der Waals surface area contributed by atoms with E-state index in [2.05, 4.69) is 40.4 Å². The summed E-state index contributed by atoms with van der Waals surface area (Å²) in [7, 11) is 4.16. The minimum atomic E-state index is 0.787. The first kappa shape index (κ1) is 11.6. The van der Waals surface area contributed by atoms with E-state index in [-0.39, 0.29) is 0 Å². The average Bonchev–Trinajstić information content (AvgIpc) is 2.15. The Bertz CT molecular complexity index is 334. The first-order chi connectivity index (χ1) is 7.79. The third-order valence-corrected chi connectivity index (χ3v) is 3.33. The summed E-state index contributed by atoms with van der Waals surface area (Å²) in [6.45, 7) is 1.82. The zero-order chi connectivity index (χ0) is 11.4. The van der Waals surface area contributed by atoms with Crippen LogP contribution in [0.3, 0.4) is 0 Å². The fourth-order valence-corrected chi connectivity index (χ4v) is 2.11. The summed E-state index contributed by atoms with van der Waals surface area (Å²) in [5.74, 6) is 0. The fourth-order valence-electron chi connectivity index (χ4n) is 2.11. The Morgan fingerprint density at radius 1 is 1.38 bits per heavy atom. The Hall–Kier alpha value is -0.930. The van der Waals surface area contributed by atoms with Crippen LogP contribution in [0.15, 0.2) is 18.2 Å². The summed E-state index contributed by atoms with van der Waals surface area (Å²) < 4.78 is 0. The summed E-state index contributed by atoms with van der Waals surface area (Å²) in [5, 5.41) is 3.13. The van der Waals surface area contributed by atoms with Gasteiger partial charge in [-0.05, 0) is 39.1 Å². The molecule has 0 amide bonds. The number of rotatable bonds is 5. The van der Waals surface area contributed by atoms with Crippen molar-refractivity contribution in [2.75, 3.05) is 14.1 Å². The largest absolute Gasteiger partial charge is 0.314 e. The highest BCUT2D eigenvalue weighted by Crippen LogP contribution is 2.24. The van der Waals surface area contributed by atoms with Gasteiger partial charge in [-0.3, -0.25) is 9.88 Å². The third-order valence-electron chi connectivity index (χ3n) is 3.33. The predicted molar refractivity (Wildman–Crippen MR) is 66.1 cm³/mol. The summed E-state index contributed by atoms with van der Waals surface area (Å²) in [5.41, 5.74) is 2.31. The number of aromatic nitrogens is 1. The lowest BCUT2D eigenvalue weighted by atomic mass is 9.92. The second-order valence-electron chi connectivity index (χ2n) is 4.65. The van der Waals surface area contributed by atoms with E-state index in [1.54, 1.807) is 0 Å². The van der Waals surface area contributed by atoms with Gasteiger partial charge < -0.3 is 5.32 Å². The topological polar surface area (TPSA) is 28.2 Å². The Morgan fingerprint density at radius 3 is 2.75 bits per heavy atom. The number of nitrogens with zero attached hydrogens (tertiary/aromatic N) is 2. The molecule has 0 aliphatic heterocycles. The number of pyridine rings is 1. The van der Waals surface area contributed by atoms with Gasteiger partial charge in [0.15, 0.2) is 0 Å². The maximum atomic E-state index is 4.64. The molecular weight excluding hydrogens is 198 g/mol. The first-order valence-electron chi connectivity index (χ1n) is 6.09. The molecule has 3 nitrogen and oxygen atoms in total. The summed E-state index contributed by atoms with van der Waals surface area (Å²) in [6.07, 6.45) is 4.10. The molecule has 1 fully saturated rings. The van der Waals surface area contributed by atoms with Crippen molar-refractivity contribution in [3.8, 4) is 0 Å². The first-order valence-corrected chi connectivity index (χ1v) is 6.09. The molecular formula is C13H21N3. The zero-order valence-corrected chi connectivity index (χ0v) is 10.2. The van der Waals surface area contributed by atoms with Gasteiger partial charge in [-0.2, -0.15) is 0 Å². The third kappa shape index (κ3) is 2.80. The highest BCUT2D eigenvalue weighted by atomic mass is 15.1. The van der Waals surface area contributed by atoms with Gasteiger partial charge in [-0.1, -0.05) is 12.5 Å². The molecule has 1 aromatic heterocycles. The maximum absolute atomic E-state index is 4.64. The normalized spacial score (nSPS) is 16.4. The van der Waals surface area contributed by atoms with E-state index >= 15 is 0 Å². The smallest absolute Gasteiger partial charge is 0.0547 e. The molecule has 0 saturated heterocycles. The van der Waals surface area contributed by atoms with Crippen LogP contribution in [0.1, 0.15) is 30.7 Å². The number of hydrogen-bond acceptors (Lipinski definition) is 3. The Balaban J connectivity index is 1.94. The van der Waals surface area contributed by atoms with Gasteiger partial charge in [0.2, 0.25) is 0 Å². The molecule has 2 rings (SSSR count). The molecule has 1 aliphatic rings. The van der Waals surface area contributed by atoms with E-state index in [0.717, 1.165) is 24.8 Å². The van der Waals surface area contributed by atoms with Crippen molar-refractivity contribution in [3.63, 3.8) is 0 Å². The van der Waals surface area contributed by atoms with Gasteiger partial charge in [0.05, 0.1) is 11.4 Å². The van der Waals surface area contributed by atoms with Crippen LogP contribution < -0.4 is 5.32 Å². The van der Waals surface area contributed by atoms with Crippen molar-refractivity contribution < 1.29 is 0 Å². The zero-order valence-electron chi connectivity index (χ0n) is 10.2. The van der Waals surface area contributed by atoms with Crippen LogP contribution in [0.4, 0.5) is 0 Å². The second-order valence-corrected chi connectivity index (χ2v) is 4.65. The van der Waals surface area contributed by atoms with Gasteiger partial charge in [-0.25, -0.2) is 0 Å². The number of nitrogens with one attached hydrogen (secondary N) is 1. The van der Waals surface area contributed by atoms with Crippen LogP contribution in [-0.2, 0) is 13.1 Å². The molecule has 0 atom stereocenters. The molecule has 1 N–H and O–H groups in total. The maximum Gasteiger partial charge on any atom is 0.0547 e.